The molecule has 0 fully saturated rings. The largest absolute Gasteiger partial charge is 0.492 e. The van der Waals surface area contributed by atoms with E-state index in [2.05, 4.69) is 112 Å². The topological polar surface area (TPSA) is 71.3 Å². The van der Waals surface area contributed by atoms with E-state index in [1.165, 1.54) is 5.56 Å². The van der Waals surface area contributed by atoms with Crippen LogP contribution < -0.4 is 14.2 Å². The second-order valence-corrected chi connectivity index (χ2v) is 10.7. The number of hydrogen-bond donors (Lipinski definition) is 0. The van der Waals surface area contributed by atoms with Crippen LogP contribution in [0, 0.1) is 0 Å². The van der Waals surface area contributed by atoms with Crippen molar-refractivity contribution >= 4 is 11.6 Å². The van der Waals surface area contributed by atoms with E-state index in [1.54, 1.807) is 20.3 Å². The Hall–Kier alpha value is -5.69. The molecular formula is C38H32N4O3. The van der Waals surface area contributed by atoms with Gasteiger partial charge in [-0.1, -0.05) is 109 Å². The van der Waals surface area contributed by atoms with Crippen LogP contribution in [0.3, 0.4) is 0 Å². The van der Waals surface area contributed by atoms with Crippen LogP contribution in [0.15, 0.2) is 128 Å². The molecule has 1 aliphatic heterocycles. The average Bonchev–Trinajstić information content (AvgIpc) is 3.80. The minimum absolute atomic E-state index is 0.219. The number of benzene rings is 4. The number of para-hydroxylation sites is 1. The van der Waals surface area contributed by atoms with Crippen LogP contribution in [0.1, 0.15) is 39.2 Å². The quantitative estimate of drug-likeness (QED) is 0.168. The Morgan fingerprint density at radius 3 is 2.02 bits per heavy atom. The lowest BCUT2D eigenvalue weighted by atomic mass is 9.76. The molecule has 3 heterocycles. The average molecular weight is 593 g/mol. The second-order valence-electron chi connectivity index (χ2n) is 10.7. The third-order valence-electron chi connectivity index (χ3n) is 8.21. The molecule has 0 bridgehead atoms. The summed E-state index contributed by atoms with van der Waals surface area (Å²) >= 11 is 0. The Balaban J connectivity index is 1.49. The lowest BCUT2D eigenvalue weighted by Gasteiger charge is -2.37. The lowest BCUT2D eigenvalue weighted by Crippen LogP contribution is -2.36. The van der Waals surface area contributed by atoms with Crippen molar-refractivity contribution < 1.29 is 14.2 Å². The first-order chi connectivity index (χ1) is 22.2. The normalized spacial score (nSPS) is 12.8. The van der Waals surface area contributed by atoms with Crippen LogP contribution in [0.5, 0.6) is 17.6 Å². The Labute approximate surface area is 262 Å². The van der Waals surface area contributed by atoms with Crippen LogP contribution in [0.4, 0.5) is 0 Å². The number of aromatic nitrogens is 4. The predicted octanol–water partition coefficient (Wildman–Crippen LogP) is 7.05. The smallest absolute Gasteiger partial charge is 0.319 e. The molecule has 0 saturated heterocycles. The Kier molecular flexibility index (Phi) is 7.57. The van der Waals surface area contributed by atoms with Crippen molar-refractivity contribution in [1.82, 2.24) is 19.5 Å². The van der Waals surface area contributed by atoms with Gasteiger partial charge < -0.3 is 18.8 Å². The fraction of sp³-hybridized carbons (Fsp3) is 0.132. The summed E-state index contributed by atoms with van der Waals surface area (Å²) in [5.74, 6) is 1.27. The maximum Gasteiger partial charge on any atom is 0.319 e. The first-order valence-corrected chi connectivity index (χ1v) is 14.9. The molecule has 4 aromatic carbocycles. The molecule has 7 heteroatoms. The van der Waals surface area contributed by atoms with E-state index in [9.17, 15) is 0 Å². The number of ether oxygens (including phenoxy) is 3. The van der Waals surface area contributed by atoms with E-state index in [0.717, 1.165) is 45.7 Å². The zero-order chi connectivity index (χ0) is 30.6. The van der Waals surface area contributed by atoms with Crippen molar-refractivity contribution in [2.45, 2.75) is 12.0 Å². The molecular weight excluding hydrogens is 560 g/mol. The van der Waals surface area contributed by atoms with Gasteiger partial charge in [0.25, 0.3) is 0 Å². The molecule has 0 spiro atoms. The number of fused-ring (bicyclic) bond motifs is 1. The Morgan fingerprint density at radius 2 is 1.42 bits per heavy atom. The van der Waals surface area contributed by atoms with Gasteiger partial charge in [-0.05, 0) is 28.3 Å². The minimum atomic E-state index is -0.698. The molecule has 7 rings (SSSR count). The molecule has 7 nitrogen and oxygen atoms in total. The highest BCUT2D eigenvalue weighted by Gasteiger charge is 2.38. The highest BCUT2D eigenvalue weighted by Crippen LogP contribution is 2.43. The number of rotatable bonds is 9. The van der Waals surface area contributed by atoms with Gasteiger partial charge in [-0.3, -0.25) is 0 Å². The number of hydrogen-bond acceptors (Lipinski definition) is 6. The summed E-state index contributed by atoms with van der Waals surface area (Å²) in [6, 6.07) is 39.9. The van der Waals surface area contributed by atoms with Crippen molar-refractivity contribution in [2.75, 3.05) is 20.8 Å². The molecule has 1 aliphatic rings. The summed E-state index contributed by atoms with van der Waals surface area (Å²) in [7, 11) is 3.12. The van der Waals surface area contributed by atoms with Gasteiger partial charge in [0, 0.05) is 29.8 Å². The standard InChI is InChI=1S/C38H32N4O3/c1-43-35-24-31(40-37(41-35)44-2)23-33(32-20-12-13-27-21-22-45-36(27)32)34-25-42(26-39-34)38(28-14-6-3-7-15-28,29-16-8-4-9-17-29)30-18-10-5-11-19-30/h3-20,23-26H,21-22H2,1-2H3/b33-23-. The zero-order valence-electron chi connectivity index (χ0n) is 25.1. The summed E-state index contributed by atoms with van der Waals surface area (Å²) < 4.78 is 19.2. The SMILES string of the molecule is COc1cc(/C=C(\c2cn(C(c3ccccc3)(c3ccccc3)c3ccccc3)cn2)c2cccc3c2OCC3)nc(OC)n1. The maximum absolute atomic E-state index is 6.18. The number of methoxy groups -OCH3 is 2. The van der Waals surface area contributed by atoms with Gasteiger partial charge in [0.2, 0.25) is 5.88 Å². The van der Waals surface area contributed by atoms with Gasteiger partial charge in [-0.25, -0.2) is 4.98 Å². The Morgan fingerprint density at radius 1 is 0.778 bits per heavy atom. The van der Waals surface area contributed by atoms with E-state index < -0.39 is 5.54 Å². The van der Waals surface area contributed by atoms with Crippen LogP contribution >= 0.6 is 0 Å². The third-order valence-corrected chi connectivity index (χ3v) is 8.21. The van der Waals surface area contributed by atoms with Crippen molar-refractivity contribution in [1.29, 1.82) is 0 Å². The van der Waals surface area contributed by atoms with Crippen LogP contribution in [0.25, 0.3) is 11.6 Å². The second kappa shape index (κ2) is 12.1. The molecule has 0 unspecified atom stereocenters. The minimum Gasteiger partial charge on any atom is -0.492 e. The summed E-state index contributed by atoms with van der Waals surface area (Å²) in [5, 5.41) is 0. The van der Waals surface area contributed by atoms with Crippen molar-refractivity contribution in [3.05, 3.63) is 167 Å². The Bertz CT molecular complexity index is 1840. The molecule has 0 atom stereocenters. The molecule has 0 radical (unpaired) electrons. The molecule has 0 saturated carbocycles. The van der Waals surface area contributed by atoms with Gasteiger partial charge in [-0.2, -0.15) is 9.97 Å². The molecule has 0 N–H and O–H groups in total. The summed E-state index contributed by atoms with van der Waals surface area (Å²) in [4.78, 5) is 14.0. The van der Waals surface area contributed by atoms with Crippen molar-refractivity contribution in [3.63, 3.8) is 0 Å². The van der Waals surface area contributed by atoms with Gasteiger partial charge in [-0.15, -0.1) is 0 Å². The van der Waals surface area contributed by atoms with Crippen molar-refractivity contribution in [3.8, 4) is 17.6 Å². The number of nitrogens with zero attached hydrogens (tertiary/aromatic N) is 4. The highest BCUT2D eigenvalue weighted by molar-refractivity contribution is 5.92. The van der Waals surface area contributed by atoms with Crippen LogP contribution in [-0.4, -0.2) is 40.3 Å². The fourth-order valence-electron chi connectivity index (χ4n) is 6.19. The van der Waals surface area contributed by atoms with E-state index in [-0.39, 0.29) is 6.01 Å². The lowest BCUT2D eigenvalue weighted by molar-refractivity contribution is 0.351. The van der Waals surface area contributed by atoms with Gasteiger partial charge in [0.05, 0.1) is 38.5 Å². The van der Waals surface area contributed by atoms with E-state index in [0.29, 0.717) is 18.2 Å². The summed E-state index contributed by atoms with van der Waals surface area (Å²) in [6.45, 7) is 0.641. The predicted molar refractivity (Wildman–Crippen MR) is 175 cm³/mol. The van der Waals surface area contributed by atoms with E-state index in [4.69, 9.17) is 19.2 Å². The van der Waals surface area contributed by atoms with Gasteiger partial charge in [0.1, 0.15) is 11.3 Å². The monoisotopic (exact) mass is 592 g/mol. The molecule has 0 amide bonds. The molecule has 222 valence electrons. The van der Waals surface area contributed by atoms with E-state index in [1.807, 2.05) is 30.6 Å². The number of imidazole rings is 1. The first kappa shape index (κ1) is 28.1. The van der Waals surface area contributed by atoms with Crippen molar-refractivity contribution in [2.24, 2.45) is 0 Å². The molecule has 45 heavy (non-hydrogen) atoms. The molecule has 0 aliphatic carbocycles. The molecule has 2 aromatic heterocycles. The first-order valence-electron chi connectivity index (χ1n) is 14.9. The maximum atomic E-state index is 6.18. The van der Waals surface area contributed by atoms with Gasteiger partial charge >= 0.3 is 6.01 Å². The summed E-state index contributed by atoms with van der Waals surface area (Å²) in [5.41, 5.74) is 7.01. The van der Waals surface area contributed by atoms with Gasteiger partial charge in [0.15, 0.2) is 0 Å². The summed E-state index contributed by atoms with van der Waals surface area (Å²) in [6.07, 6.45) is 6.88. The van der Waals surface area contributed by atoms with E-state index >= 15 is 0 Å². The third kappa shape index (κ3) is 5.12. The highest BCUT2D eigenvalue weighted by atomic mass is 16.5. The fourth-order valence-corrected chi connectivity index (χ4v) is 6.19. The molecule has 6 aromatic rings. The zero-order valence-corrected chi connectivity index (χ0v) is 25.1. The van der Waals surface area contributed by atoms with Crippen LogP contribution in [0.2, 0.25) is 0 Å². The van der Waals surface area contributed by atoms with Crippen LogP contribution in [-0.2, 0) is 12.0 Å².